The van der Waals surface area contributed by atoms with E-state index in [1.54, 1.807) is 19.2 Å². The van der Waals surface area contributed by atoms with Gasteiger partial charge in [0.25, 0.3) is 0 Å². The minimum Gasteiger partial charge on any atom is -0.480 e. The van der Waals surface area contributed by atoms with Crippen LogP contribution in [0.2, 0.25) is 0 Å². The van der Waals surface area contributed by atoms with Crippen LogP contribution < -0.4 is 10.5 Å². The van der Waals surface area contributed by atoms with Crippen LogP contribution in [-0.4, -0.2) is 36.6 Å². The lowest BCUT2D eigenvalue weighted by Gasteiger charge is -2.10. The molecule has 0 bridgehead atoms. The number of benzene rings is 1. The minimum absolute atomic E-state index is 0.0569. The maximum atomic E-state index is 14.8. The van der Waals surface area contributed by atoms with Crippen LogP contribution in [0.4, 0.5) is 23.4 Å². The fourth-order valence-electron chi connectivity index (χ4n) is 3.53. The third-order valence-electron chi connectivity index (χ3n) is 5.32. The van der Waals surface area contributed by atoms with E-state index in [1.807, 2.05) is 0 Å². The second-order valence-electron chi connectivity index (χ2n) is 8.03. The molecule has 2 N–H and O–H groups in total. The maximum Gasteiger partial charge on any atom is 0.434 e. The van der Waals surface area contributed by atoms with Gasteiger partial charge in [-0.15, -0.1) is 0 Å². The summed E-state index contributed by atoms with van der Waals surface area (Å²) in [5, 5.41) is 0. The lowest BCUT2D eigenvalue weighted by Crippen LogP contribution is -2.05. The quantitative estimate of drug-likeness (QED) is 0.383. The van der Waals surface area contributed by atoms with Crippen molar-refractivity contribution in [1.29, 1.82) is 0 Å². The summed E-state index contributed by atoms with van der Waals surface area (Å²) in [4.78, 5) is 20.8. The van der Waals surface area contributed by atoms with E-state index in [0.717, 1.165) is 16.3 Å². The van der Waals surface area contributed by atoms with Gasteiger partial charge in [-0.25, -0.2) is 24.3 Å². The van der Waals surface area contributed by atoms with Gasteiger partial charge in [-0.05, 0) is 30.2 Å². The van der Waals surface area contributed by atoms with Gasteiger partial charge in [0, 0.05) is 37.6 Å². The molecule has 186 valence electrons. The number of nitrogens with zero attached hydrogens (tertiary/aromatic N) is 6. The number of aromatic nitrogens is 6. The van der Waals surface area contributed by atoms with Crippen molar-refractivity contribution in [3.05, 3.63) is 71.8 Å². The summed E-state index contributed by atoms with van der Waals surface area (Å²) in [6.07, 6.45) is -0.642. The fourth-order valence-corrected chi connectivity index (χ4v) is 3.53. The first-order valence-electron chi connectivity index (χ1n) is 10.6. The second-order valence-corrected chi connectivity index (χ2v) is 8.03. The molecule has 0 aliphatic heterocycles. The summed E-state index contributed by atoms with van der Waals surface area (Å²) in [6.45, 7) is 5.62. The van der Waals surface area contributed by atoms with Gasteiger partial charge in [0.05, 0.1) is 18.2 Å². The zero-order valence-corrected chi connectivity index (χ0v) is 19.6. The van der Waals surface area contributed by atoms with Crippen molar-refractivity contribution in [3.8, 4) is 28.7 Å². The third kappa shape index (κ3) is 4.88. The normalized spacial score (nSPS) is 11.5. The number of hydrogen-bond acceptors (Lipinski definition) is 7. The molecule has 0 atom stereocenters. The van der Waals surface area contributed by atoms with E-state index in [0.29, 0.717) is 22.5 Å². The lowest BCUT2D eigenvalue weighted by molar-refractivity contribution is -0.140. The summed E-state index contributed by atoms with van der Waals surface area (Å²) in [5.74, 6) is 0.192. The molecule has 0 saturated heterocycles. The number of nitrogens with two attached hydrogens (primary N) is 1. The molecule has 4 aromatic rings. The van der Waals surface area contributed by atoms with Crippen LogP contribution >= 0.6 is 0 Å². The van der Waals surface area contributed by atoms with E-state index in [4.69, 9.17) is 10.5 Å². The fraction of sp³-hybridized carbons (Fsp3) is 0.208. The molecule has 12 heteroatoms. The standard InChI is InChI=1S/C24H21F4N7O/c1-12(2)15-9-31-21(34-20(15)29)16-10-30-19(33-23(16)36-4)8-13-5-6-14(17(25)7-13)22-32-18(11-35(22)3)24(26,27)28/h5-7,9-11H,1,8H2,2-4H3,(H2,29,31,34). The second kappa shape index (κ2) is 9.36. The first-order chi connectivity index (χ1) is 17.0. The molecule has 8 nitrogen and oxygen atoms in total. The van der Waals surface area contributed by atoms with Crippen LogP contribution in [0.5, 0.6) is 5.88 Å². The monoisotopic (exact) mass is 499 g/mol. The van der Waals surface area contributed by atoms with Crippen LogP contribution in [0.15, 0.2) is 43.4 Å². The molecule has 0 unspecified atom stereocenters. The molecular formula is C24H21F4N7O. The number of alkyl halides is 3. The number of hydrogen-bond donors (Lipinski definition) is 1. The number of imidazole rings is 1. The number of halogens is 4. The Morgan fingerprint density at radius 1 is 1.11 bits per heavy atom. The van der Waals surface area contributed by atoms with E-state index in [-0.39, 0.29) is 35.3 Å². The topological polar surface area (TPSA) is 105 Å². The molecule has 0 fully saturated rings. The Balaban J connectivity index is 1.60. The van der Waals surface area contributed by atoms with Gasteiger partial charge in [0.1, 0.15) is 23.3 Å². The predicted molar refractivity (Wildman–Crippen MR) is 125 cm³/mol. The van der Waals surface area contributed by atoms with Crippen molar-refractivity contribution in [1.82, 2.24) is 29.5 Å². The predicted octanol–water partition coefficient (Wildman–Crippen LogP) is 4.71. The Morgan fingerprint density at radius 2 is 1.86 bits per heavy atom. The molecule has 4 rings (SSSR count). The van der Waals surface area contributed by atoms with Crippen molar-refractivity contribution in [2.75, 3.05) is 12.8 Å². The molecule has 36 heavy (non-hydrogen) atoms. The number of methoxy groups -OCH3 is 1. The SMILES string of the molecule is C=C(C)c1cnc(-c2cnc(Cc3ccc(-c4nc(C(F)(F)F)cn4C)c(F)c3)nc2OC)nc1N. The van der Waals surface area contributed by atoms with Gasteiger partial charge in [-0.1, -0.05) is 12.6 Å². The van der Waals surface area contributed by atoms with Crippen molar-refractivity contribution in [2.45, 2.75) is 19.5 Å². The van der Waals surface area contributed by atoms with Gasteiger partial charge in [0.2, 0.25) is 5.88 Å². The zero-order valence-electron chi connectivity index (χ0n) is 19.6. The van der Waals surface area contributed by atoms with Gasteiger partial charge in [0.15, 0.2) is 11.5 Å². The Kier molecular flexibility index (Phi) is 6.44. The van der Waals surface area contributed by atoms with Crippen LogP contribution in [-0.2, 0) is 19.6 Å². The highest BCUT2D eigenvalue weighted by Gasteiger charge is 2.34. The van der Waals surface area contributed by atoms with Gasteiger partial charge in [-0.2, -0.15) is 18.2 Å². The summed E-state index contributed by atoms with van der Waals surface area (Å²) < 4.78 is 60.2. The van der Waals surface area contributed by atoms with Crippen LogP contribution in [0.25, 0.3) is 28.3 Å². The average molecular weight is 499 g/mol. The summed E-state index contributed by atoms with van der Waals surface area (Å²) in [5.41, 5.74) is 7.11. The first kappa shape index (κ1) is 24.8. The Labute approximate surface area is 203 Å². The van der Waals surface area contributed by atoms with Crippen molar-refractivity contribution in [2.24, 2.45) is 7.05 Å². The number of nitrogen functional groups attached to an aromatic ring is 1. The first-order valence-corrected chi connectivity index (χ1v) is 10.6. The Bertz CT molecular complexity index is 1460. The number of aryl methyl sites for hydroxylation is 1. The highest BCUT2D eigenvalue weighted by molar-refractivity contribution is 5.71. The summed E-state index contributed by atoms with van der Waals surface area (Å²) in [6, 6.07) is 4.16. The van der Waals surface area contributed by atoms with Crippen LogP contribution in [0.1, 0.15) is 29.6 Å². The van der Waals surface area contributed by atoms with E-state index in [2.05, 4.69) is 31.5 Å². The molecule has 0 spiro atoms. The molecule has 0 aliphatic rings. The van der Waals surface area contributed by atoms with E-state index >= 15 is 0 Å². The molecule has 3 aromatic heterocycles. The highest BCUT2D eigenvalue weighted by atomic mass is 19.4. The molecule has 3 heterocycles. The minimum atomic E-state index is -4.63. The number of ether oxygens (including phenoxy) is 1. The van der Waals surface area contributed by atoms with Crippen molar-refractivity contribution < 1.29 is 22.3 Å². The molecule has 0 radical (unpaired) electrons. The van der Waals surface area contributed by atoms with Crippen molar-refractivity contribution >= 4 is 11.4 Å². The maximum absolute atomic E-state index is 14.8. The Morgan fingerprint density at radius 3 is 2.44 bits per heavy atom. The number of allylic oxidation sites excluding steroid dienone is 1. The summed E-state index contributed by atoms with van der Waals surface area (Å²) >= 11 is 0. The van der Waals surface area contributed by atoms with Gasteiger partial charge in [-0.3, -0.25) is 0 Å². The number of rotatable bonds is 6. The van der Waals surface area contributed by atoms with E-state index in [1.165, 1.54) is 32.5 Å². The summed E-state index contributed by atoms with van der Waals surface area (Å²) in [7, 11) is 2.80. The Hall–Kier alpha value is -4.35. The third-order valence-corrected chi connectivity index (χ3v) is 5.32. The smallest absolute Gasteiger partial charge is 0.434 e. The van der Waals surface area contributed by atoms with Gasteiger partial charge >= 0.3 is 6.18 Å². The van der Waals surface area contributed by atoms with E-state index in [9.17, 15) is 17.6 Å². The van der Waals surface area contributed by atoms with Crippen LogP contribution in [0.3, 0.4) is 0 Å². The molecule has 0 aliphatic carbocycles. The number of anilines is 1. The van der Waals surface area contributed by atoms with Crippen LogP contribution in [0, 0.1) is 5.82 Å². The largest absolute Gasteiger partial charge is 0.480 e. The highest BCUT2D eigenvalue weighted by Crippen LogP contribution is 2.32. The van der Waals surface area contributed by atoms with Gasteiger partial charge < -0.3 is 15.0 Å². The zero-order chi connectivity index (χ0) is 26.2. The van der Waals surface area contributed by atoms with E-state index < -0.39 is 17.7 Å². The average Bonchev–Trinajstić information content (AvgIpc) is 3.20. The van der Waals surface area contributed by atoms with Crippen molar-refractivity contribution in [3.63, 3.8) is 0 Å². The lowest BCUT2D eigenvalue weighted by atomic mass is 10.1. The molecule has 0 saturated carbocycles. The molecule has 0 amide bonds. The molecular weight excluding hydrogens is 478 g/mol. The molecule has 1 aromatic carbocycles.